The average Bonchev–Trinajstić information content (AvgIpc) is 2.06. The van der Waals surface area contributed by atoms with Crippen molar-refractivity contribution in [1.29, 1.82) is 0 Å². The number of ether oxygens (including phenoxy) is 1. The molecule has 1 rings (SSSR count). The van der Waals surface area contributed by atoms with Gasteiger partial charge in [0.2, 0.25) is 0 Å². The van der Waals surface area contributed by atoms with Crippen LogP contribution >= 0.6 is 0 Å². The standard InChI is InChI=1S/C10H15NO/c1-8(11)9(2)12-10-6-4-3-5-7-10/h3-9H,11H2,1-2H3/t8-,9-/m1/s1. The Morgan fingerprint density at radius 3 is 2.25 bits per heavy atom. The molecule has 0 heterocycles. The van der Waals surface area contributed by atoms with Crippen LogP contribution in [0.25, 0.3) is 0 Å². The summed E-state index contributed by atoms with van der Waals surface area (Å²) in [6, 6.07) is 9.78. The van der Waals surface area contributed by atoms with E-state index >= 15 is 0 Å². The zero-order valence-electron chi connectivity index (χ0n) is 7.53. The van der Waals surface area contributed by atoms with Crippen LogP contribution in [0.5, 0.6) is 5.75 Å². The molecule has 2 atom stereocenters. The highest BCUT2D eigenvalue weighted by Gasteiger charge is 2.07. The van der Waals surface area contributed by atoms with E-state index in [1.165, 1.54) is 0 Å². The molecule has 0 bridgehead atoms. The van der Waals surface area contributed by atoms with Gasteiger partial charge < -0.3 is 10.5 Å². The van der Waals surface area contributed by atoms with E-state index in [0.717, 1.165) is 5.75 Å². The first-order valence-corrected chi connectivity index (χ1v) is 4.17. The summed E-state index contributed by atoms with van der Waals surface area (Å²) in [5.74, 6) is 0.877. The molecule has 0 aromatic heterocycles. The Bertz CT molecular complexity index is 221. The second-order valence-electron chi connectivity index (χ2n) is 3.00. The Morgan fingerprint density at radius 2 is 1.75 bits per heavy atom. The van der Waals surface area contributed by atoms with Gasteiger partial charge in [0.1, 0.15) is 11.9 Å². The van der Waals surface area contributed by atoms with Crippen molar-refractivity contribution >= 4 is 0 Å². The molecule has 2 nitrogen and oxygen atoms in total. The Kier molecular flexibility index (Phi) is 3.11. The molecule has 0 spiro atoms. The number of benzene rings is 1. The third-order valence-corrected chi connectivity index (χ3v) is 1.81. The first-order valence-electron chi connectivity index (χ1n) is 4.17. The molecule has 0 fully saturated rings. The van der Waals surface area contributed by atoms with Gasteiger partial charge >= 0.3 is 0 Å². The van der Waals surface area contributed by atoms with E-state index in [-0.39, 0.29) is 12.1 Å². The van der Waals surface area contributed by atoms with Crippen LogP contribution in [0.3, 0.4) is 0 Å². The van der Waals surface area contributed by atoms with Gasteiger partial charge in [-0.2, -0.15) is 0 Å². The summed E-state index contributed by atoms with van der Waals surface area (Å²) in [5.41, 5.74) is 5.66. The van der Waals surface area contributed by atoms with Crippen LogP contribution in [0.2, 0.25) is 0 Å². The summed E-state index contributed by atoms with van der Waals surface area (Å²) in [6.45, 7) is 3.91. The lowest BCUT2D eigenvalue weighted by Gasteiger charge is -2.17. The highest BCUT2D eigenvalue weighted by atomic mass is 16.5. The summed E-state index contributed by atoms with van der Waals surface area (Å²) in [5, 5.41) is 0. The Hall–Kier alpha value is -1.02. The minimum atomic E-state index is 0.0604. The summed E-state index contributed by atoms with van der Waals surface area (Å²) in [6.07, 6.45) is 0.0624. The number of nitrogens with two attached hydrogens (primary N) is 1. The largest absolute Gasteiger partial charge is 0.489 e. The minimum Gasteiger partial charge on any atom is -0.489 e. The molecule has 0 saturated heterocycles. The van der Waals surface area contributed by atoms with E-state index < -0.39 is 0 Å². The summed E-state index contributed by atoms with van der Waals surface area (Å²) < 4.78 is 5.55. The number of hydrogen-bond acceptors (Lipinski definition) is 2. The maximum Gasteiger partial charge on any atom is 0.119 e. The van der Waals surface area contributed by atoms with Crippen molar-refractivity contribution in [3.05, 3.63) is 30.3 Å². The molecule has 0 amide bonds. The molecule has 12 heavy (non-hydrogen) atoms. The fourth-order valence-corrected chi connectivity index (χ4v) is 0.821. The summed E-state index contributed by atoms with van der Waals surface area (Å²) in [7, 11) is 0. The van der Waals surface area contributed by atoms with Crippen LogP contribution in [-0.4, -0.2) is 12.1 Å². The van der Waals surface area contributed by atoms with Crippen LogP contribution in [0.15, 0.2) is 30.3 Å². The average molecular weight is 165 g/mol. The predicted molar refractivity (Wildman–Crippen MR) is 50.2 cm³/mol. The van der Waals surface area contributed by atoms with E-state index in [4.69, 9.17) is 10.5 Å². The fraction of sp³-hybridized carbons (Fsp3) is 0.400. The first-order chi connectivity index (χ1) is 5.70. The lowest BCUT2D eigenvalue weighted by molar-refractivity contribution is 0.196. The Balaban J connectivity index is 2.53. The SMILES string of the molecule is C[C@@H](N)[C@@H](C)Oc1ccccc1. The molecule has 2 N–H and O–H groups in total. The van der Waals surface area contributed by atoms with Gasteiger partial charge in [-0.3, -0.25) is 0 Å². The molecule has 66 valence electrons. The monoisotopic (exact) mass is 165 g/mol. The van der Waals surface area contributed by atoms with E-state index in [0.29, 0.717) is 0 Å². The molecular weight excluding hydrogens is 150 g/mol. The van der Waals surface area contributed by atoms with Crippen molar-refractivity contribution in [2.24, 2.45) is 5.73 Å². The second-order valence-corrected chi connectivity index (χ2v) is 3.00. The van der Waals surface area contributed by atoms with Gasteiger partial charge in [0.25, 0.3) is 0 Å². The molecule has 1 aromatic carbocycles. The third-order valence-electron chi connectivity index (χ3n) is 1.81. The fourth-order valence-electron chi connectivity index (χ4n) is 0.821. The molecule has 0 aliphatic rings. The van der Waals surface area contributed by atoms with Crippen molar-refractivity contribution in [1.82, 2.24) is 0 Å². The molecular formula is C10H15NO. The van der Waals surface area contributed by atoms with E-state index in [1.807, 2.05) is 44.2 Å². The smallest absolute Gasteiger partial charge is 0.119 e. The molecule has 0 saturated carbocycles. The predicted octanol–water partition coefficient (Wildman–Crippen LogP) is 1.80. The van der Waals surface area contributed by atoms with Gasteiger partial charge in [-0.1, -0.05) is 18.2 Å². The van der Waals surface area contributed by atoms with E-state index in [1.54, 1.807) is 0 Å². The quantitative estimate of drug-likeness (QED) is 0.741. The molecule has 0 unspecified atom stereocenters. The number of para-hydroxylation sites is 1. The highest BCUT2D eigenvalue weighted by Crippen LogP contribution is 2.11. The maximum absolute atomic E-state index is 5.66. The van der Waals surface area contributed by atoms with Crippen LogP contribution in [-0.2, 0) is 0 Å². The molecule has 0 aliphatic carbocycles. The van der Waals surface area contributed by atoms with E-state index in [9.17, 15) is 0 Å². The summed E-state index contributed by atoms with van der Waals surface area (Å²) >= 11 is 0. The number of hydrogen-bond donors (Lipinski definition) is 1. The highest BCUT2D eigenvalue weighted by molar-refractivity contribution is 5.21. The Morgan fingerprint density at radius 1 is 1.17 bits per heavy atom. The third kappa shape index (κ3) is 2.55. The molecule has 0 radical (unpaired) electrons. The minimum absolute atomic E-state index is 0.0604. The van der Waals surface area contributed by atoms with Crippen molar-refractivity contribution in [2.45, 2.75) is 26.0 Å². The van der Waals surface area contributed by atoms with Crippen molar-refractivity contribution in [3.8, 4) is 5.75 Å². The van der Waals surface area contributed by atoms with Gasteiger partial charge in [0.15, 0.2) is 0 Å². The second kappa shape index (κ2) is 4.12. The normalized spacial score (nSPS) is 15.2. The first kappa shape index (κ1) is 9.07. The number of rotatable bonds is 3. The van der Waals surface area contributed by atoms with Crippen LogP contribution < -0.4 is 10.5 Å². The van der Waals surface area contributed by atoms with Crippen molar-refractivity contribution in [3.63, 3.8) is 0 Å². The van der Waals surface area contributed by atoms with Crippen molar-refractivity contribution < 1.29 is 4.74 Å². The van der Waals surface area contributed by atoms with Gasteiger partial charge in [-0.05, 0) is 26.0 Å². The topological polar surface area (TPSA) is 35.2 Å². The maximum atomic E-state index is 5.66. The van der Waals surface area contributed by atoms with Crippen LogP contribution in [0.1, 0.15) is 13.8 Å². The van der Waals surface area contributed by atoms with Gasteiger partial charge in [-0.15, -0.1) is 0 Å². The molecule has 2 heteroatoms. The zero-order valence-corrected chi connectivity index (χ0v) is 7.53. The van der Waals surface area contributed by atoms with Gasteiger partial charge in [-0.25, -0.2) is 0 Å². The lowest BCUT2D eigenvalue weighted by atomic mass is 10.2. The van der Waals surface area contributed by atoms with Crippen LogP contribution in [0, 0.1) is 0 Å². The van der Waals surface area contributed by atoms with Crippen molar-refractivity contribution in [2.75, 3.05) is 0 Å². The zero-order chi connectivity index (χ0) is 8.97. The summed E-state index contributed by atoms with van der Waals surface area (Å²) in [4.78, 5) is 0. The van der Waals surface area contributed by atoms with Gasteiger partial charge in [0.05, 0.1) is 0 Å². The van der Waals surface area contributed by atoms with Gasteiger partial charge in [0, 0.05) is 6.04 Å². The van der Waals surface area contributed by atoms with E-state index in [2.05, 4.69) is 0 Å². The van der Waals surface area contributed by atoms with Crippen LogP contribution in [0.4, 0.5) is 0 Å². The molecule has 1 aromatic rings. The Labute approximate surface area is 73.3 Å². The lowest BCUT2D eigenvalue weighted by Crippen LogP contribution is -2.33. The molecule has 0 aliphatic heterocycles.